The second-order valence-corrected chi connectivity index (χ2v) is 16.4. The number of quaternary nitrogens is 1. The lowest BCUT2D eigenvalue weighted by Gasteiger charge is -2.28. The number of allylic oxidation sites excluding steroid dienone is 10. The quantitative estimate of drug-likeness (QED) is 0.0201. The zero-order chi connectivity index (χ0) is 40.0. The number of nitrogens with zero attached hydrogens (tertiary/aromatic N) is 1. The Morgan fingerprint density at radius 1 is 0.593 bits per heavy atom. The molecule has 9 nitrogen and oxygen atoms in total. The summed E-state index contributed by atoms with van der Waals surface area (Å²) >= 11 is 0. The van der Waals surface area contributed by atoms with Gasteiger partial charge in [-0.3, -0.25) is 14.2 Å². The van der Waals surface area contributed by atoms with Gasteiger partial charge in [0.25, 0.3) is 7.82 Å². The van der Waals surface area contributed by atoms with Crippen LogP contribution in [-0.2, 0) is 32.7 Å². The first-order valence-electron chi connectivity index (χ1n) is 21.0. The molecule has 0 aromatic heterocycles. The van der Waals surface area contributed by atoms with Crippen LogP contribution in [0.4, 0.5) is 0 Å². The van der Waals surface area contributed by atoms with Crippen LogP contribution in [0.3, 0.4) is 0 Å². The Morgan fingerprint density at radius 3 is 1.63 bits per heavy atom. The van der Waals surface area contributed by atoms with Gasteiger partial charge in [0.2, 0.25) is 0 Å². The number of hydrogen-bond acceptors (Lipinski definition) is 8. The molecule has 0 N–H and O–H groups in total. The van der Waals surface area contributed by atoms with Gasteiger partial charge in [-0.15, -0.1) is 0 Å². The topological polar surface area (TPSA) is 111 Å². The monoisotopic (exact) mass is 780 g/mol. The molecular weight excluding hydrogens is 701 g/mol. The highest BCUT2D eigenvalue weighted by Crippen LogP contribution is 2.38. The van der Waals surface area contributed by atoms with Crippen LogP contribution in [0.15, 0.2) is 60.8 Å². The highest BCUT2D eigenvalue weighted by Gasteiger charge is 2.21. The zero-order valence-corrected chi connectivity index (χ0v) is 35.8. The van der Waals surface area contributed by atoms with Crippen LogP contribution >= 0.6 is 7.82 Å². The average Bonchev–Trinajstić information content (AvgIpc) is 3.12. The van der Waals surface area contributed by atoms with Crippen molar-refractivity contribution < 1.29 is 42.1 Å². The third-order valence-electron chi connectivity index (χ3n) is 8.52. The van der Waals surface area contributed by atoms with E-state index >= 15 is 0 Å². The second-order valence-electron chi connectivity index (χ2n) is 15.0. The number of esters is 2. The fourth-order valence-corrected chi connectivity index (χ4v) is 5.96. The van der Waals surface area contributed by atoms with Crippen LogP contribution in [-0.4, -0.2) is 70.0 Å². The lowest BCUT2D eigenvalue weighted by atomic mass is 10.1. The van der Waals surface area contributed by atoms with Crippen LogP contribution in [0.1, 0.15) is 155 Å². The predicted octanol–water partition coefficient (Wildman–Crippen LogP) is 11.1. The number of unbranched alkanes of at least 4 members (excludes halogenated alkanes) is 13. The van der Waals surface area contributed by atoms with E-state index in [2.05, 4.69) is 74.6 Å². The molecule has 0 aliphatic heterocycles. The molecule has 2 atom stereocenters. The number of rotatable bonds is 37. The molecule has 0 aromatic carbocycles. The maximum atomic E-state index is 12.6. The Kier molecular flexibility index (Phi) is 34.8. The smallest absolute Gasteiger partial charge is 0.306 e. The van der Waals surface area contributed by atoms with Crippen molar-refractivity contribution in [3.63, 3.8) is 0 Å². The zero-order valence-electron chi connectivity index (χ0n) is 34.9. The number of carbonyl (C=O) groups excluding carboxylic acids is 2. The highest BCUT2D eigenvalue weighted by atomic mass is 31.2. The number of hydrogen-bond donors (Lipinski definition) is 0. The Bertz CT molecular complexity index is 1110. The fraction of sp³-hybridized carbons (Fsp3) is 0.727. The minimum absolute atomic E-state index is 0.0427. The van der Waals surface area contributed by atoms with Crippen molar-refractivity contribution >= 4 is 19.8 Å². The molecule has 0 radical (unpaired) electrons. The minimum Gasteiger partial charge on any atom is -0.756 e. The van der Waals surface area contributed by atoms with Crippen LogP contribution < -0.4 is 4.89 Å². The molecule has 0 aliphatic carbocycles. The summed E-state index contributed by atoms with van der Waals surface area (Å²) < 4.78 is 33.8. The van der Waals surface area contributed by atoms with E-state index in [1.807, 2.05) is 21.1 Å². The van der Waals surface area contributed by atoms with Crippen LogP contribution in [0.25, 0.3) is 0 Å². The molecule has 10 heteroatoms. The van der Waals surface area contributed by atoms with Crippen molar-refractivity contribution in [2.75, 3.05) is 47.5 Å². The summed E-state index contributed by atoms with van der Waals surface area (Å²) in [6.07, 6.45) is 42.5. The Balaban J connectivity index is 4.48. The fourth-order valence-electron chi connectivity index (χ4n) is 5.23. The van der Waals surface area contributed by atoms with Gasteiger partial charge in [0.1, 0.15) is 19.8 Å². The van der Waals surface area contributed by atoms with Crippen LogP contribution in [0.2, 0.25) is 0 Å². The van der Waals surface area contributed by atoms with Crippen molar-refractivity contribution in [2.24, 2.45) is 0 Å². The van der Waals surface area contributed by atoms with E-state index in [1.54, 1.807) is 0 Å². The molecule has 0 aliphatic rings. The molecule has 0 aromatic rings. The summed E-state index contributed by atoms with van der Waals surface area (Å²) in [5.41, 5.74) is 0. The van der Waals surface area contributed by atoms with Crippen LogP contribution in [0, 0.1) is 0 Å². The summed E-state index contributed by atoms with van der Waals surface area (Å²) in [5, 5.41) is 0. The van der Waals surface area contributed by atoms with Gasteiger partial charge in [0.15, 0.2) is 6.10 Å². The maximum absolute atomic E-state index is 12.6. The van der Waals surface area contributed by atoms with Gasteiger partial charge in [-0.05, 0) is 77.0 Å². The first kappa shape index (κ1) is 51.7. The van der Waals surface area contributed by atoms with Gasteiger partial charge in [-0.25, -0.2) is 0 Å². The summed E-state index contributed by atoms with van der Waals surface area (Å²) in [5.74, 6) is -0.898. The largest absolute Gasteiger partial charge is 0.756 e. The third kappa shape index (κ3) is 39.4. The molecule has 0 bridgehead atoms. The van der Waals surface area contributed by atoms with Crippen molar-refractivity contribution in [2.45, 2.75) is 161 Å². The van der Waals surface area contributed by atoms with Gasteiger partial charge in [0.05, 0.1) is 27.7 Å². The number of phosphoric ester groups is 1. The lowest BCUT2D eigenvalue weighted by molar-refractivity contribution is -0.870. The SMILES string of the molecule is CC/C=C/C/C=C/C/C=C/C/C=C/CCCCC(=O)O[C@H](COC(=O)CCCCCCC/C=C/CCCCCCCC)COP(=O)([O-])OCC[N+](C)(C)C. The highest BCUT2D eigenvalue weighted by molar-refractivity contribution is 7.45. The Labute approximate surface area is 330 Å². The van der Waals surface area contributed by atoms with Crippen LogP contribution in [0.5, 0.6) is 0 Å². The van der Waals surface area contributed by atoms with Gasteiger partial charge in [0, 0.05) is 12.8 Å². The molecule has 312 valence electrons. The number of carbonyl (C=O) groups is 2. The summed E-state index contributed by atoms with van der Waals surface area (Å²) in [6.45, 7) is 4.03. The number of ether oxygens (including phenoxy) is 2. The maximum Gasteiger partial charge on any atom is 0.306 e. The van der Waals surface area contributed by atoms with E-state index in [0.717, 1.165) is 70.6 Å². The second kappa shape index (κ2) is 36.4. The molecule has 0 rings (SSSR count). The molecule has 0 saturated heterocycles. The molecule has 0 heterocycles. The normalized spacial score (nSPS) is 14.3. The van der Waals surface area contributed by atoms with Crippen molar-refractivity contribution in [1.82, 2.24) is 0 Å². The Morgan fingerprint density at radius 2 is 1.06 bits per heavy atom. The summed E-state index contributed by atoms with van der Waals surface area (Å²) in [4.78, 5) is 37.4. The van der Waals surface area contributed by atoms with Crippen molar-refractivity contribution in [1.29, 1.82) is 0 Å². The Hall–Kier alpha value is -2.29. The summed E-state index contributed by atoms with van der Waals surface area (Å²) in [7, 11) is 1.12. The molecule has 54 heavy (non-hydrogen) atoms. The molecule has 0 saturated carbocycles. The van der Waals surface area contributed by atoms with E-state index in [0.29, 0.717) is 23.9 Å². The van der Waals surface area contributed by atoms with Gasteiger partial charge >= 0.3 is 11.9 Å². The molecule has 0 spiro atoms. The lowest BCUT2D eigenvalue weighted by Crippen LogP contribution is -2.37. The van der Waals surface area contributed by atoms with Crippen molar-refractivity contribution in [3.05, 3.63) is 60.8 Å². The summed E-state index contributed by atoms with van der Waals surface area (Å²) in [6, 6.07) is 0. The number of phosphoric acid groups is 1. The number of likely N-dealkylation sites (N-methyl/N-ethyl adjacent to an activating group) is 1. The van der Waals surface area contributed by atoms with E-state index in [4.69, 9.17) is 18.5 Å². The van der Waals surface area contributed by atoms with Gasteiger partial charge in [-0.2, -0.15) is 0 Å². The van der Waals surface area contributed by atoms with E-state index < -0.39 is 32.5 Å². The first-order valence-corrected chi connectivity index (χ1v) is 22.5. The first-order chi connectivity index (χ1) is 26.0. The van der Waals surface area contributed by atoms with E-state index in [1.165, 1.54) is 44.9 Å². The van der Waals surface area contributed by atoms with Gasteiger partial charge < -0.3 is 27.9 Å². The third-order valence-corrected chi connectivity index (χ3v) is 9.49. The molecule has 0 fully saturated rings. The average molecular weight is 780 g/mol. The standard InChI is InChI=1S/C44H78NO8P/c1-6-8-10-12-14-16-18-20-22-24-26-28-30-32-34-36-43(46)50-40-42(41-52-54(48,49)51-39-38-45(3,4)5)53-44(47)37-35-33-31-29-27-25-23-21-19-17-15-13-11-9-7-2/h9,11,15,17,20-23,27,29,42H,6-8,10,12-14,16,18-19,24-26,28,30-41H2,1-5H3/b11-9+,17-15+,22-20+,23-21+,29-27+/t42-/m1/s1. The minimum atomic E-state index is -4.64. The predicted molar refractivity (Wildman–Crippen MR) is 222 cm³/mol. The molecule has 0 amide bonds. The molecule has 1 unspecified atom stereocenters. The van der Waals surface area contributed by atoms with Gasteiger partial charge in [-0.1, -0.05) is 126 Å². The van der Waals surface area contributed by atoms with Crippen molar-refractivity contribution in [3.8, 4) is 0 Å². The van der Waals surface area contributed by atoms with E-state index in [-0.39, 0.29) is 26.1 Å². The molecular formula is C44H78NO8P. The van der Waals surface area contributed by atoms with E-state index in [9.17, 15) is 19.0 Å².